The summed E-state index contributed by atoms with van der Waals surface area (Å²) in [5, 5.41) is 12.5. The summed E-state index contributed by atoms with van der Waals surface area (Å²) < 4.78 is 0. The molecule has 1 aliphatic rings. The van der Waals surface area contributed by atoms with Crippen molar-refractivity contribution in [1.29, 1.82) is 0 Å². The lowest BCUT2D eigenvalue weighted by Crippen LogP contribution is -2.48. The largest absolute Gasteiger partial charge is 0.395 e. The van der Waals surface area contributed by atoms with Gasteiger partial charge in [0.2, 0.25) is 5.91 Å². The first kappa shape index (κ1) is 18.9. The Labute approximate surface area is 146 Å². The van der Waals surface area contributed by atoms with Crippen LogP contribution in [0.15, 0.2) is 30.3 Å². The fourth-order valence-corrected chi connectivity index (χ4v) is 3.58. The van der Waals surface area contributed by atoms with Crippen molar-refractivity contribution in [2.24, 2.45) is 11.8 Å². The minimum absolute atomic E-state index is 0.0823. The molecule has 24 heavy (non-hydrogen) atoms. The van der Waals surface area contributed by atoms with E-state index in [1.807, 2.05) is 23.1 Å². The van der Waals surface area contributed by atoms with E-state index in [1.54, 1.807) is 0 Å². The minimum atomic E-state index is 0.0823. The zero-order valence-corrected chi connectivity index (χ0v) is 15.1. The van der Waals surface area contributed by atoms with Crippen molar-refractivity contribution >= 4 is 5.91 Å². The lowest BCUT2D eigenvalue weighted by Gasteiger charge is -2.35. The third kappa shape index (κ3) is 5.91. The highest BCUT2D eigenvalue weighted by atomic mass is 16.3. The molecule has 0 spiro atoms. The molecule has 0 saturated heterocycles. The third-order valence-corrected chi connectivity index (χ3v) is 5.40. The van der Waals surface area contributed by atoms with Gasteiger partial charge in [-0.05, 0) is 30.2 Å². The van der Waals surface area contributed by atoms with Crippen molar-refractivity contribution < 1.29 is 9.90 Å². The lowest BCUT2D eigenvalue weighted by atomic mass is 9.78. The predicted octanol–water partition coefficient (Wildman–Crippen LogP) is 2.46. The molecule has 4 heteroatoms. The summed E-state index contributed by atoms with van der Waals surface area (Å²) in [6.07, 6.45) is 4.44. The summed E-state index contributed by atoms with van der Waals surface area (Å²) in [5.41, 5.74) is 1.26. The Kier molecular flexibility index (Phi) is 7.73. The highest BCUT2D eigenvalue weighted by Crippen LogP contribution is 2.29. The number of nitrogens with zero attached hydrogens (tertiary/aromatic N) is 1. The van der Waals surface area contributed by atoms with Crippen LogP contribution in [-0.4, -0.2) is 48.2 Å². The maximum Gasteiger partial charge on any atom is 0.234 e. The van der Waals surface area contributed by atoms with Gasteiger partial charge >= 0.3 is 0 Å². The normalized spacial score (nSPS) is 24.1. The number of carbonyl (C=O) groups excluding carboxylic acids is 1. The fourth-order valence-electron chi connectivity index (χ4n) is 3.58. The van der Waals surface area contributed by atoms with Crippen LogP contribution in [-0.2, 0) is 11.2 Å². The smallest absolute Gasteiger partial charge is 0.234 e. The highest BCUT2D eigenvalue weighted by molar-refractivity contribution is 5.78. The van der Waals surface area contributed by atoms with E-state index in [-0.39, 0.29) is 12.5 Å². The summed E-state index contributed by atoms with van der Waals surface area (Å²) in [7, 11) is 0. The van der Waals surface area contributed by atoms with E-state index in [9.17, 15) is 9.90 Å². The molecule has 0 radical (unpaired) electrons. The number of aliphatic hydroxyl groups is 1. The van der Waals surface area contributed by atoms with Crippen LogP contribution in [0, 0.1) is 11.8 Å². The summed E-state index contributed by atoms with van der Waals surface area (Å²) in [4.78, 5) is 14.5. The van der Waals surface area contributed by atoms with Gasteiger partial charge in [-0.15, -0.1) is 0 Å². The molecule has 4 nitrogen and oxygen atoms in total. The molecule has 3 atom stereocenters. The lowest BCUT2D eigenvalue weighted by molar-refractivity contribution is -0.123. The van der Waals surface area contributed by atoms with E-state index in [4.69, 9.17) is 0 Å². The van der Waals surface area contributed by atoms with Gasteiger partial charge in [-0.1, -0.05) is 57.0 Å². The maximum atomic E-state index is 12.4. The van der Waals surface area contributed by atoms with Crippen LogP contribution in [0.5, 0.6) is 0 Å². The molecule has 1 fully saturated rings. The van der Waals surface area contributed by atoms with Gasteiger partial charge in [-0.25, -0.2) is 0 Å². The first-order chi connectivity index (χ1) is 11.6. The van der Waals surface area contributed by atoms with Crippen molar-refractivity contribution in [2.45, 2.75) is 45.6 Å². The molecule has 0 bridgehead atoms. The zero-order chi connectivity index (χ0) is 17.4. The Morgan fingerprint density at radius 3 is 2.67 bits per heavy atom. The Balaban J connectivity index is 1.81. The topological polar surface area (TPSA) is 52.6 Å². The third-order valence-electron chi connectivity index (χ3n) is 5.40. The maximum absolute atomic E-state index is 12.4. The monoisotopic (exact) mass is 332 g/mol. The van der Waals surface area contributed by atoms with Gasteiger partial charge in [-0.2, -0.15) is 0 Å². The molecule has 0 heterocycles. The molecule has 1 amide bonds. The average Bonchev–Trinajstić information content (AvgIpc) is 2.58. The molecule has 134 valence electrons. The summed E-state index contributed by atoms with van der Waals surface area (Å²) >= 11 is 0. The van der Waals surface area contributed by atoms with Crippen molar-refractivity contribution in [2.75, 3.05) is 26.2 Å². The van der Waals surface area contributed by atoms with Crippen molar-refractivity contribution in [1.82, 2.24) is 10.2 Å². The number of aliphatic hydroxyl groups excluding tert-OH is 1. The number of hydrogen-bond acceptors (Lipinski definition) is 3. The molecule has 3 unspecified atom stereocenters. The number of rotatable bonds is 8. The first-order valence-electron chi connectivity index (χ1n) is 9.26. The first-order valence-corrected chi connectivity index (χ1v) is 9.26. The Bertz CT molecular complexity index is 492. The van der Waals surface area contributed by atoms with E-state index in [0.29, 0.717) is 31.0 Å². The average molecular weight is 332 g/mol. The van der Waals surface area contributed by atoms with E-state index < -0.39 is 0 Å². The second-order valence-electron chi connectivity index (χ2n) is 7.18. The van der Waals surface area contributed by atoms with Gasteiger partial charge in [0.25, 0.3) is 0 Å². The predicted molar refractivity (Wildman–Crippen MR) is 97.8 cm³/mol. The fraction of sp³-hybridized carbons (Fsp3) is 0.650. The molecule has 1 aliphatic carbocycles. The Morgan fingerprint density at radius 2 is 1.96 bits per heavy atom. The highest BCUT2D eigenvalue weighted by Gasteiger charge is 2.28. The van der Waals surface area contributed by atoms with E-state index in [1.165, 1.54) is 18.4 Å². The van der Waals surface area contributed by atoms with Crippen LogP contribution in [0.4, 0.5) is 0 Å². The summed E-state index contributed by atoms with van der Waals surface area (Å²) in [6.45, 7) is 6.30. The molecule has 0 aromatic heterocycles. The minimum Gasteiger partial charge on any atom is -0.395 e. The second kappa shape index (κ2) is 9.80. The molecular weight excluding hydrogens is 300 g/mol. The molecule has 2 rings (SSSR count). The molecule has 1 aromatic carbocycles. The van der Waals surface area contributed by atoms with Gasteiger partial charge in [0.1, 0.15) is 0 Å². The van der Waals surface area contributed by atoms with Gasteiger partial charge < -0.3 is 10.4 Å². The van der Waals surface area contributed by atoms with E-state index in [2.05, 4.69) is 31.3 Å². The second-order valence-corrected chi connectivity index (χ2v) is 7.18. The number of amides is 1. The van der Waals surface area contributed by atoms with Crippen molar-refractivity contribution in [3.05, 3.63) is 35.9 Å². The zero-order valence-electron chi connectivity index (χ0n) is 15.1. The van der Waals surface area contributed by atoms with Crippen molar-refractivity contribution in [3.63, 3.8) is 0 Å². The van der Waals surface area contributed by atoms with Gasteiger partial charge in [0.05, 0.1) is 13.2 Å². The molecule has 2 N–H and O–H groups in total. The number of nitrogens with one attached hydrogen (secondary N) is 1. The Morgan fingerprint density at radius 1 is 1.21 bits per heavy atom. The van der Waals surface area contributed by atoms with Crippen LogP contribution >= 0.6 is 0 Å². The Hall–Kier alpha value is -1.39. The quantitative estimate of drug-likeness (QED) is 0.769. The number of carbonyl (C=O) groups is 1. The molecule has 0 aliphatic heterocycles. The van der Waals surface area contributed by atoms with Gasteiger partial charge in [-0.3, -0.25) is 9.69 Å². The SMILES string of the molecule is CC1CCCC(NC(=O)CN(CCO)CCc2ccccc2)C1C. The van der Waals surface area contributed by atoms with Gasteiger partial charge in [0, 0.05) is 19.1 Å². The van der Waals surface area contributed by atoms with Crippen LogP contribution in [0.25, 0.3) is 0 Å². The van der Waals surface area contributed by atoms with Crippen LogP contribution in [0.2, 0.25) is 0 Å². The van der Waals surface area contributed by atoms with Crippen LogP contribution < -0.4 is 5.32 Å². The standard InChI is InChI=1S/C20H32N2O2/c1-16-7-6-10-19(17(16)2)21-20(24)15-22(13-14-23)12-11-18-8-4-3-5-9-18/h3-5,8-9,16-17,19,23H,6-7,10-15H2,1-2H3,(H,21,24). The molecule has 1 aromatic rings. The van der Waals surface area contributed by atoms with E-state index >= 15 is 0 Å². The van der Waals surface area contributed by atoms with Crippen LogP contribution in [0.1, 0.15) is 38.7 Å². The summed E-state index contributed by atoms with van der Waals surface area (Å²) in [5.74, 6) is 1.30. The number of benzene rings is 1. The summed E-state index contributed by atoms with van der Waals surface area (Å²) in [6, 6.07) is 10.6. The van der Waals surface area contributed by atoms with E-state index in [0.717, 1.165) is 19.4 Å². The van der Waals surface area contributed by atoms with Gasteiger partial charge in [0.15, 0.2) is 0 Å². The van der Waals surface area contributed by atoms with Crippen LogP contribution in [0.3, 0.4) is 0 Å². The number of hydrogen-bond donors (Lipinski definition) is 2. The molecule has 1 saturated carbocycles. The van der Waals surface area contributed by atoms with Crippen molar-refractivity contribution in [3.8, 4) is 0 Å². The molecular formula is C20H32N2O2.